The summed E-state index contributed by atoms with van der Waals surface area (Å²) in [4.78, 5) is 11.5. The fourth-order valence-electron chi connectivity index (χ4n) is 2.01. The van der Waals surface area contributed by atoms with Gasteiger partial charge in [0.15, 0.2) is 11.5 Å². The summed E-state index contributed by atoms with van der Waals surface area (Å²) in [6.07, 6.45) is 0. The van der Waals surface area contributed by atoms with Gasteiger partial charge in [0.1, 0.15) is 10.3 Å². The van der Waals surface area contributed by atoms with Crippen LogP contribution < -0.4 is 0 Å². The molecule has 8 heteroatoms. The van der Waals surface area contributed by atoms with Crippen molar-refractivity contribution in [2.24, 2.45) is 0 Å². The van der Waals surface area contributed by atoms with Crippen LogP contribution in [0.15, 0.2) is 41.4 Å². The van der Waals surface area contributed by atoms with Crippen molar-refractivity contribution in [2.75, 3.05) is 7.11 Å². The van der Waals surface area contributed by atoms with Crippen LogP contribution in [0.5, 0.6) is 0 Å². The van der Waals surface area contributed by atoms with Crippen molar-refractivity contribution < 1.29 is 9.53 Å². The van der Waals surface area contributed by atoms with Crippen molar-refractivity contribution in [1.82, 2.24) is 19.8 Å². The summed E-state index contributed by atoms with van der Waals surface area (Å²) in [7, 11) is 1.37. The van der Waals surface area contributed by atoms with Crippen LogP contribution in [0.4, 0.5) is 0 Å². The molecule has 0 unspecified atom stereocenters. The van der Waals surface area contributed by atoms with Gasteiger partial charge in [-0.15, -0.1) is 10.2 Å². The Kier molecular flexibility index (Phi) is 4.49. The molecule has 6 nitrogen and oxygen atoms in total. The first-order valence-corrected chi connectivity index (χ1v) is 8.07. The number of fused-ring (bicyclic) bond motifs is 1. The van der Waals surface area contributed by atoms with Gasteiger partial charge in [0.05, 0.1) is 7.11 Å². The number of ether oxygens (including phenoxy) is 1. The third-order valence-corrected chi connectivity index (χ3v) is 4.43. The zero-order valence-corrected chi connectivity index (χ0v) is 14.0. The molecule has 3 rings (SSSR count). The van der Waals surface area contributed by atoms with Gasteiger partial charge in [0, 0.05) is 10.6 Å². The number of benzene rings is 1. The van der Waals surface area contributed by atoms with Crippen molar-refractivity contribution >= 4 is 35.0 Å². The molecule has 0 aliphatic rings. The van der Waals surface area contributed by atoms with Gasteiger partial charge in [-0.1, -0.05) is 23.4 Å². The molecule has 0 saturated carbocycles. The number of halogens is 1. The highest BCUT2D eigenvalue weighted by molar-refractivity contribution is 8.00. The highest BCUT2D eigenvalue weighted by atomic mass is 35.5. The van der Waals surface area contributed by atoms with Crippen LogP contribution in [-0.2, 0) is 9.53 Å². The minimum atomic E-state index is -0.347. The van der Waals surface area contributed by atoms with E-state index >= 15 is 0 Å². The molecule has 0 fully saturated rings. The van der Waals surface area contributed by atoms with Crippen LogP contribution >= 0.6 is 23.4 Å². The van der Waals surface area contributed by atoms with Crippen LogP contribution in [-0.4, -0.2) is 38.1 Å². The second-order valence-corrected chi connectivity index (χ2v) is 6.55. The Bertz CT molecular complexity index is 850. The Morgan fingerprint density at radius 1 is 1.22 bits per heavy atom. The molecule has 1 atom stereocenters. The fourth-order valence-corrected chi connectivity index (χ4v) is 2.97. The number of hydrogen-bond acceptors (Lipinski definition) is 6. The topological polar surface area (TPSA) is 69.4 Å². The highest BCUT2D eigenvalue weighted by Crippen LogP contribution is 2.24. The minimum Gasteiger partial charge on any atom is -0.468 e. The number of thioether (sulfide) groups is 1. The Hall–Kier alpha value is -2.12. The fraction of sp³-hybridized carbons (Fsp3) is 0.200. The number of methoxy groups -OCH3 is 1. The molecule has 0 spiro atoms. The SMILES string of the molecule is COC(=O)[C@H](C)Sc1ccc2nnc(-c3ccc(Cl)cc3)n2n1. The van der Waals surface area contributed by atoms with Crippen molar-refractivity contribution in [2.45, 2.75) is 17.2 Å². The maximum atomic E-state index is 11.5. The van der Waals surface area contributed by atoms with Gasteiger partial charge in [0.2, 0.25) is 0 Å². The van der Waals surface area contributed by atoms with Gasteiger partial charge in [-0.05, 0) is 43.3 Å². The smallest absolute Gasteiger partial charge is 0.318 e. The molecule has 0 saturated heterocycles. The predicted octanol–water partition coefficient (Wildman–Crippen LogP) is 3.10. The van der Waals surface area contributed by atoms with Gasteiger partial charge in [-0.25, -0.2) is 0 Å². The normalized spacial score (nSPS) is 12.3. The van der Waals surface area contributed by atoms with E-state index in [0.29, 0.717) is 21.5 Å². The van der Waals surface area contributed by atoms with Gasteiger partial charge in [-0.3, -0.25) is 4.79 Å². The van der Waals surface area contributed by atoms with E-state index in [1.807, 2.05) is 18.2 Å². The Balaban J connectivity index is 1.97. The third kappa shape index (κ3) is 3.30. The average Bonchev–Trinajstić information content (AvgIpc) is 2.98. The molecule has 3 aromatic rings. The predicted molar refractivity (Wildman–Crippen MR) is 88.6 cm³/mol. The molecule has 1 aromatic carbocycles. The minimum absolute atomic E-state index is 0.293. The van der Waals surface area contributed by atoms with Crippen LogP contribution in [0, 0.1) is 0 Å². The number of esters is 1. The molecule has 23 heavy (non-hydrogen) atoms. The number of rotatable bonds is 4. The summed E-state index contributed by atoms with van der Waals surface area (Å²) in [5, 5.41) is 13.8. The second-order valence-electron chi connectivity index (χ2n) is 4.76. The molecule has 118 valence electrons. The zero-order valence-electron chi connectivity index (χ0n) is 12.4. The Morgan fingerprint density at radius 3 is 2.65 bits per heavy atom. The van der Waals surface area contributed by atoms with Crippen molar-refractivity contribution in [3.63, 3.8) is 0 Å². The molecular formula is C15H13ClN4O2S. The van der Waals surface area contributed by atoms with Crippen LogP contribution in [0.3, 0.4) is 0 Å². The van der Waals surface area contributed by atoms with Crippen molar-refractivity contribution in [1.29, 1.82) is 0 Å². The van der Waals surface area contributed by atoms with Crippen molar-refractivity contribution in [3.05, 3.63) is 41.4 Å². The van der Waals surface area contributed by atoms with E-state index in [1.54, 1.807) is 29.6 Å². The number of carbonyl (C=O) groups excluding carboxylic acids is 1. The number of nitrogens with zero attached hydrogens (tertiary/aromatic N) is 4. The molecule has 2 aromatic heterocycles. The van der Waals surface area contributed by atoms with Crippen molar-refractivity contribution in [3.8, 4) is 11.4 Å². The Labute approximate surface area is 141 Å². The number of carbonyl (C=O) groups is 1. The van der Waals surface area contributed by atoms with Crippen LogP contribution in [0.25, 0.3) is 17.0 Å². The number of aromatic nitrogens is 4. The molecule has 0 radical (unpaired) electrons. The van der Waals surface area contributed by atoms with Gasteiger partial charge < -0.3 is 4.74 Å². The third-order valence-electron chi connectivity index (χ3n) is 3.17. The average molecular weight is 349 g/mol. The summed E-state index contributed by atoms with van der Waals surface area (Å²) in [5.74, 6) is 0.323. The molecule has 0 amide bonds. The first kappa shape index (κ1) is 15.8. The van der Waals surface area contributed by atoms with Gasteiger partial charge in [-0.2, -0.15) is 9.61 Å². The summed E-state index contributed by atoms with van der Waals surface area (Å²) in [6, 6.07) is 10.9. The van der Waals surface area contributed by atoms with E-state index in [-0.39, 0.29) is 11.2 Å². The summed E-state index contributed by atoms with van der Waals surface area (Å²) < 4.78 is 6.38. The monoisotopic (exact) mass is 348 g/mol. The lowest BCUT2D eigenvalue weighted by molar-refractivity contribution is -0.139. The molecule has 2 heterocycles. The lowest BCUT2D eigenvalue weighted by Gasteiger charge is -2.08. The van der Waals surface area contributed by atoms with E-state index in [1.165, 1.54) is 18.9 Å². The molecule has 0 bridgehead atoms. The highest BCUT2D eigenvalue weighted by Gasteiger charge is 2.17. The van der Waals surface area contributed by atoms with Gasteiger partial charge >= 0.3 is 5.97 Å². The summed E-state index contributed by atoms with van der Waals surface area (Å²) in [6.45, 7) is 1.77. The van der Waals surface area contributed by atoms with Crippen LogP contribution in [0.1, 0.15) is 6.92 Å². The summed E-state index contributed by atoms with van der Waals surface area (Å²) >= 11 is 7.23. The maximum Gasteiger partial charge on any atom is 0.318 e. The lowest BCUT2D eigenvalue weighted by Crippen LogP contribution is -2.15. The van der Waals surface area contributed by atoms with E-state index in [9.17, 15) is 4.79 Å². The number of hydrogen-bond donors (Lipinski definition) is 0. The van der Waals surface area contributed by atoms with E-state index in [2.05, 4.69) is 15.3 Å². The largest absolute Gasteiger partial charge is 0.468 e. The zero-order chi connectivity index (χ0) is 16.4. The second kappa shape index (κ2) is 6.55. The Morgan fingerprint density at radius 2 is 1.96 bits per heavy atom. The maximum absolute atomic E-state index is 11.5. The first-order valence-electron chi connectivity index (χ1n) is 6.81. The molecule has 0 N–H and O–H groups in total. The van der Waals surface area contributed by atoms with E-state index in [4.69, 9.17) is 16.3 Å². The van der Waals surface area contributed by atoms with E-state index in [0.717, 1.165) is 5.56 Å². The van der Waals surface area contributed by atoms with Gasteiger partial charge in [0.25, 0.3) is 0 Å². The quantitative estimate of drug-likeness (QED) is 0.533. The van der Waals surface area contributed by atoms with Crippen LogP contribution in [0.2, 0.25) is 5.02 Å². The lowest BCUT2D eigenvalue weighted by atomic mass is 10.2. The molecule has 0 aliphatic carbocycles. The van der Waals surface area contributed by atoms with E-state index < -0.39 is 0 Å². The summed E-state index contributed by atoms with van der Waals surface area (Å²) in [5.41, 5.74) is 1.49. The standard InChI is InChI=1S/C15H13ClN4O2S/c1-9(15(21)22-2)23-13-8-7-12-17-18-14(20(12)19-13)10-3-5-11(16)6-4-10/h3-9H,1-2H3/t9-/m0/s1. The molecule has 0 aliphatic heterocycles. The first-order chi connectivity index (χ1) is 11.1. The molecular weight excluding hydrogens is 336 g/mol.